The molecule has 7 nitrogen and oxygen atoms in total. The smallest absolute Gasteiger partial charge is 0.336 e. The minimum Gasteiger partial charge on any atom is -0.481 e. The fraction of sp³-hybridized carbons (Fsp3) is 0.281. The molecule has 2 aliphatic carbocycles. The minimum atomic E-state index is -1.49. The van der Waals surface area contributed by atoms with Crippen molar-refractivity contribution < 1.29 is 24.6 Å². The van der Waals surface area contributed by atoms with E-state index in [0.29, 0.717) is 19.4 Å². The molecule has 6 rings (SSSR count). The first-order valence-electron chi connectivity index (χ1n) is 13.3. The van der Waals surface area contributed by atoms with Crippen molar-refractivity contribution in [2.75, 3.05) is 12.4 Å². The Kier molecular flexibility index (Phi) is 5.83. The Labute approximate surface area is 225 Å². The second kappa shape index (κ2) is 9.12. The quantitative estimate of drug-likeness (QED) is 0.486. The van der Waals surface area contributed by atoms with Crippen molar-refractivity contribution in [3.8, 4) is 0 Å². The molecule has 0 bridgehead atoms. The summed E-state index contributed by atoms with van der Waals surface area (Å²) in [7, 11) is 1.72. The van der Waals surface area contributed by atoms with Crippen LogP contribution in [0.2, 0.25) is 0 Å². The molecule has 1 aliphatic heterocycles. The van der Waals surface area contributed by atoms with Crippen LogP contribution < -0.4 is 15.8 Å². The van der Waals surface area contributed by atoms with Gasteiger partial charge in [-0.25, -0.2) is 4.79 Å². The molecule has 3 aromatic rings. The molecule has 39 heavy (non-hydrogen) atoms. The van der Waals surface area contributed by atoms with E-state index in [2.05, 4.69) is 5.32 Å². The molecule has 0 fully saturated rings. The van der Waals surface area contributed by atoms with Gasteiger partial charge in [-0.2, -0.15) is 0 Å². The molecular formula is C32H30N2O5. The van der Waals surface area contributed by atoms with Crippen molar-refractivity contribution in [2.24, 2.45) is 5.41 Å². The molecule has 0 saturated heterocycles. The summed E-state index contributed by atoms with van der Waals surface area (Å²) in [5.41, 5.74) is 3.47. The van der Waals surface area contributed by atoms with Crippen molar-refractivity contribution in [2.45, 2.75) is 45.2 Å². The van der Waals surface area contributed by atoms with Crippen LogP contribution in [0.15, 0.2) is 54.6 Å². The molecule has 3 aromatic carbocycles. The van der Waals surface area contributed by atoms with E-state index < -0.39 is 23.4 Å². The summed E-state index contributed by atoms with van der Waals surface area (Å²) in [5, 5.41) is 27.3. The molecule has 0 spiro atoms. The number of aliphatic carboxylic acids is 1. The number of likely N-dealkylation sites (N-methyl/N-ethyl adjacent to an activating group) is 1. The first kappa shape index (κ1) is 24.9. The summed E-state index contributed by atoms with van der Waals surface area (Å²) >= 11 is 0. The number of benzene rings is 3. The summed E-state index contributed by atoms with van der Waals surface area (Å²) in [6, 6.07) is 16.0. The molecule has 1 heterocycles. The van der Waals surface area contributed by atoms with Crippen molar-refractivity contribution in [3.05, 3.63) is 97.7 Å². The summed E-state index contributed by atoms with van der Waals surface area (Å²) in [6.07, 6.45) is 4.69. The number of nitrogens with one attached hydrogen (secondary N) is 1. The number of carbonyl (C=O) groups is 3. The molecular weight excluding hydrogens is 492 g/mol. The lowest BCUT2D eigenvalue weighted by atomic mass is 9.69. The Morgan fingerprint density at radius 1 is 0.949 bits per heavy atom. The molecule has 7 heteroatoms. The van der Waals surface area contributed by atoms with Crippen LogP contribution in [0.3, 0.4) is 0 Å². The van der Waals surface area contributed by atoms with Crippen molar-refractivity contribution in [1.29, 1.82) is 0 Å². The van der Waals surface area contributed by atoms with Gasteiger partial charge >= 0.3 is 11.9 Å². The summed E-state index contributed by atoms with van der Waals surface area (Å²) in [4.78, 5) is 40.3. The van der Waals surface area contributed by atoms with E-state index in [-0.39, 0.29) is 11.5 Å². The average Bonchev–Trinajstić information content (AvgIpc) is 3.07. The van der Waals surface area contributed by atoms with Gasteiger partial charge in [0.1, 0.15) is 11.5 Å². The summed E-state index contributed by atoms with van der Waals surface area (Å²) < 4.78 is 0. The van der Waals surface area contributed by atoms with Crippen LogP contribution in [0.25, 0.3) is 11.6 Å². The zero-order valence-corrected chi connectivity index (χ0v) is 22.0. The van der Waals surface area contributed by atoms with E-state index in [0.717, 1.165) is 61.7 Å². The Morgan fingerprint density at radius 2 is 1.72 bits per heavy atom. The van der Waals surface area contributed by atoms with Gasteiger partial charge in [0.05, 0.1) is 5.56 Å². The van der Waals surface area contributed by atoms with Gasteiger partial charge < -0.3 is 20.4 Å². The largest absolute Gasteiger partial charge is 0.481 e. The Balaban J connectivity index is 1.61. The van der Waals surface area contributed by atoms with Gasteiger partial charge in [-0.05, 0) is 87.9 Å². The van der Waals surface area contributed by atoms with Crippen molar-refractivity contribution in [1.82, 2.24) is 4.90 Å². The van der Waals surface area contributed by atoms with Crippen LogP contribution in [0.5, 0.6) is 0 Å². The second-order valence-electron chi connectivity index (χ2n) is 10.9. The lowest BCUT2D eigenvalue weighted by Crippen LogP contribution is -2.54. The third-order valence-corrected chi connectivity index (χ3v) is 8.74. The lowest BCUT2D eigenvalue weighted by molar-refractivity contribution is -0.149. The highest BCUT2D eigenvalue weighted by atomic mass is 16.4. The molecule has 1 amide bonds. The zero-order valence-electron chi connectivity index (χ0n) is 22.0. The maximum atomic E-state index is 13.7. The SMILES string of the molecule is CN1Cc2ccccc2NC(C(C)(C(=O)O)C2=c3ccc4c(c3CCC2)CC=c2c(C(=O)O)cccc2=4)C1=O. The normalized spacial score (nSPS) is 19.2. The van der Waals surface area contributed by atoms with E-state index in [4.69, 9.17) is 0 Å². The van der Waals surface area contributed by atoms with Crippen LogP contribution in [-0.2, 0) is 29.0 Å². The molecule has 0 radical (unpaired) electrons. The van der Waals surface area contributed by atoms with Crippen LogP contribution in [0.1, 0.15) is 46.8 Å². The number of hydrogen-bond donors (Lipinski definition) is 3. The lowest BCUT2D eigenvalue weighted by Gasteiger charge is -2.38. The molecule has 0 saturated carbocycles. The monoisotopic (exact) mass is 522 g/mol. The zero-order chi connectivity index (χ0) is 27.5. The number of anilines is 1. The third-order valence-electron chi connectivity index (χ3n) is 8.74. The minimum absolute atomic E-state index is 0.253. The maximum absolute atomic E-state index is 13.7. The molecule has 198 valence electrons. The van der Waals surface area contributed by atoms with Gasteiger partial charge in [-0.15, -0.1) is 0 Å². The van der Waals surface area contributed by atoms with Crippen molar-refractivity contribution in [3.63, 3.8) is 0 Å². The molecule has 2 unspecified atom stereocenters. The number of amides is 1. The van der Waals surface area contributed by atoms with Crippen LogP contribution in [0.4, 0.5) is 5.69 Å². The van der Waals surface area contributed by atoms with E-state index in [1.165, 1.54) is 0 Å². The highest BCUT2D eigenvalue weighted by Crippen LogP contribution is 2.41. The highest BCUT2D eigenvalue weighted by molar-refractivity contribution is 5.99. The molecule has 0 aromatic heterocycles. The van der Waals surface area contributed by atoms with E-state index in [9.17, 15) is 24.6 Å². The number of carbonyl (C=O) groups excluding carboxylic acids is 1. The maximum Gasteiger partial charge on any atom is 0.336 e. The summed E-state index contributed by atoms with van der Waals surface area (Å²) in [6.45, 7) is 2.08. The number of aromatic carboxylic acids is 1. The van der Waals surface area contributed by atoms with Crippen LogP contribution in [0, 0.1) is 15.9 Å². The van der Waals surface area contributed by atoms with Gasteiger partial charge in [-0.1, -0.05) is 48.5 Å². The van der Waals surface area contributed by atoms with Gasteiger partial charge in [0.2, 0.25) is 5.91 Å². The highest BCUT2D eigenvalue weighted by Gasteiger charge is 2.51. The van der Waals surface area contributed by atoms with Crippen LogP contribution >= 0.6 is 0 Å². The van der Waals surface area contributed by atoms with Gasteiger partial charge in [-0.3, -0.25) is 9.59 Å². The third kappa shape index (κ3) is 3.75. The Morgan fingerprint density at radius 3 is 2.49 bits per heavy atom. The van der Waals surface area contributed by atoms with Crippen molar-refractivity contribution >= 4 is 35.2 Å². The predicted octanol–water partition coefficient (Wildman–Crippen LogP) is 3.04. The Hall–Kier alpha value is -4.39. The van der Waals surface area contributed by atoms with E-state index in [1.807, 2.05) is 48.5 Å². The standard InChI is InChI=1S/C32H30N2O5/c1-32(31(38)39,28-29(35)34(2)17-18-7-3-4-12-27(18)33-28)26-11-6-9-20-22-13-14-23-19(21(22)15-16-24(20)26)8-5-10-25(23)30(36)37/h3-5,7-8,10,12,14-16,28,33H,6,9,11,13,17H2,1-2H3,(H,36,37)(H,38,39). The molecule has 2 atom stereocenters. The number of rotatable bonds is 4. The van der Waals surface area contributed by atoms with Gasteiger partial charge in [0.15, 0.2) is 0 Å². The van der Waals surface area contributed by atoms with Gasteiger partial charge in [0.25, 0.3) is 0 Å². The predicted molar refractivity (Wildman–Crippen MR) is 147 cm³/mol. The Bertz CT molecular complexity index is 1790. The first-order chi connectivity index (χ1) is 18.7. The number of carboxylic acid groups (broad SMARTS) is 2. The first-order valence-corrected chi connectivity index (χ1v) is 13.3. The number of nitrogens with zero attached hydrogens (tertiary/aromatic N) is 1. The molecule has 3 aliphatic rings. The summed E-state index contributed by atoms with van der Waals surface area (Å²) in [5.74, 6) is -2.24. The number of fused-ring (bicyclic) bond motifs is 5. The number of carboxylic acids is 2. The average molecular weight is 523 g/mol. The second-order valence-corrected chi connectivity index (χ2v) is 10.9. The molecule has 3 N–H and O–H groups in total. The fourth-order valence-corrected chi connectivity index (χ4v) is 6.66. The number of para-hydroxylation sites is 1. The van der Waals surface area contributed by atoms with Gasteiger partial charge in [0, 0.05) is 19.3 Å². The van der Waals surface area contributed by atoms with E-state index >= 15 is 0 Å². The topological polar surface area (TPSA) is 107 Å². The number of hydrogen-bond acceptors (Lipinski definition) is 4. The fourth-order valence-electron chi connectivity index (χ4n) is 6.66. The van der Waals surface area contributed by atoms with Crippen LogP contribution in [-0.4, -0.2) is 46.0 Å². The van der Waals surface area contributed by atoms with E-state index in [1.54, 1.807) is 31.0 Å².